The molecule has 0 bridgehead atoms. The summed E-state index contributed by atoms with van der Waals surface area (Å²) >= 11 is 5.79. The molecule has 1 saturated carbocycles. The summed E-state index contributed by atoms with van der Waals surface area (Å²) in [6.07, 6.45) is 4.71. The van der Waals surface area contributed by atoms with Crippen LogP contribution in [-0.4, -0.2) is 54.6 Å². The van der Waals surface area contributed by atoms with Crippen molar-refractivity contribution in [3.05, 3.63) is 29.0 Å². The minimum absolute atomic E-state index is 0.0121. The molecular formula is C20H29ClFNO3. The molecule has 6 heteroatoms. The van der Waals surface area contributed by atoms with Crippen molar-refractivity contribution in [1.29, 1.82) is 0 Å². The Labute approximate surface area is 160 Å². The Hall–Kier alpha value is -0.880. The van der Waals surface area contributed by atoms with E-state index >= 15 is 0 Å². The summed E-state index contributed by atoms with van der Waals surface area (Å²) in [6, 6.07) is 4.69. The molecule has 26 heavy (non-hydrogen) atoms. The molecule has 2 aliphatic rings. The monoisotopic (exact) mass is 385 g/mol. The van der Waals surface area contributed by atoms with E-state index in [0.29, 0.717) is 30.4 Å². The maximum atomic E-state index is 13.3. The number of β-amino-alcohol motifs (C(OH)–C–C–N with tert-alkyl or cyclic N) is 1. The molecule has 146 valence electrons. The summed E-state index contributed by atoms with van der Waals surface area (Å²) in [6.45, 7) is 6.94. The van der Waals surface area contributed by atoms with Crippen LogP contribution >= 0.6 is 11.6 Å². The van der Waals surface area contributed by atoms with Crippen molar-refractivity contribution in [3.8, 4) is 5.75 Å². The Morgan fingerprint density at radius 3 is 2.77 bits per heavy atom. The fourth-order valence-corrected chi connectivity index (χ4v) is 4.05. The normalized spacial score (nSPS) is 27.9. The first-order valence-electron chi connectivity index (χ1n) is 9.38. The maximum Gasteiger partial charge on any atom is 0.142 e. The molecule has 1 saturated heterocycles. The van der Waals surface area contributed by atoms with Crippen molar-refractivity contribution < 1.29 is 19.0 Å². The third-order valence-electron chi connectivity index (χ3n) is 5.61. The van der Waals surface area contributed by atoms with Crippen molar-refractivity contribution >= 4 is 11.6 Å². The largest absolute Gasteiger partial charge is 0.490 e. The van der Waals surface area contributed by atoms with Crippen molar-refractivity contribution in [2.24, 2.45) is 5.41 Å². The van der Waals surface area contributed by atoms with Crippen molar-refractivity contribution in [1.82, 2.24) is 4.90 Å². The minimum Gasteiger partial charge on any atom is -0.490 e. The highest BCUT2D eigenvalue weighted by Gasteiger charge is 2.38. The topological polar surface area (TPSA) is 41.9 Å². The summed E-state index contributed by atoms with van der Waals surface area (Å²) in [5, 5.41) is 11.1. The van der Waals surface area contributed by atoms with Crippen molar-refractivity contribution in [2.45, 2.75) is 51.2 Å². The second-order valence-electron chi connectivity index (χ2n) is 8.51. The van der Waals surface area contributed by atoms with E-state index in [0.717, 1.165) is 19.4 Å². The van der Waals surface area contributed by atoms with E-state index in [-0.39, 0.29) is 18.2 Å². The van der Waals surface area contributed by atoms with Crippen LogP contribution in [-0.2, 0) is 4.74 Å². The first kappa shape index (κ1) is 19.9. The van der Waals surface area contributed by atoms with Crippen LogP contribution in [0, 0.1) is 11.2 Å². The van der Waals surface area contributed by atoms with Crippen LogP contribution < -0.4 is 4.74 Å². The van der Waals surface area contributed by atoms with Gasteiger partial charge < -0.3 is 14.6 Å². The van der Waals surface area contributed by atoms with E-state index in [1.807, 2.05) is 0 Å². The Bertz CT molecular complexity index is 617. The molecule has 1 heterocycles. The molecule has 1 aromatic carbocycles. The number of nitrogens with zero attached hydrogens (tertiary/aromatic N) is 1. The van der Waals surface area contributed by atoms with E-state index < -0.39 is 11.4 Å². The number of benzene rings is 1. The summed E-state index contributed by atoms with van der Waals surface area (Å²) in [4.78, 5) is 2.35. The van der Waals surface area contributed by atoms with Crippen LogP contribution in [0.25, 0.3) is 0 Å². The highest BCUT2D eigenvalue weighted by Crippen LogP contribution is 2.37. The fourth-order valence-electron chi connectivity index (χ4n) is 3.88. The minimum atomic E-state index is -1.09. The Balaban J connectivity index is 1.61. The van der Waals surface area contributed by atoms with E-state index in [1.54, 1.807) is 0 Å². The third kappa shape index (κ3) is 5.10. The van der Waals surface area contributed by atoms with Crippen LogP contribution in [0.1, 0.15) is 39.5 Å². The molecule has 0 unspecified atom stereocenters. The van der Waals surface area contributed by atoms with E-state index in [1.165, 1.54) is 31.0 Å². The van der Waals surface area contributed by atoms with Gasteiger partial charge in [0.15, 0.2) is 0 Å². The molecule has 1 aliphatic carbocycles. The molecular weight excluding hydrogens is 357 g/mol. The van der Waals surface area contributed by atoms with Crippen LogP contribution in [0.15, 0.2) is 18.2 Å². The zero-order valence-corrected chi connectivity index (χ0v) is 16.4. The molecule has 1 aliphatic heterocycles. The fraction of sp³-hybridized carbons (Fsp3) is 0.700. The number of ether oxygens (including phenoxy) is 2. The predicted molar refractivity (Wildman–Crippen MR) is 100 cm³/mol. The lowest BCUT2D eigenvalue weighted by atomic mass is 9.75. The van der Waals surface area contributed by atoms with E-state index in [4.69, 9.17) is 21.1 Å². The van der Waals surface area contributed by atoms with Crippen LogP contribution in [0.4, 0.5) is 4.39 Å². The molecule has 0 aromatic heterocycles. The highest BCUT2D eigenvalue weighted by atomic mass is 35.5. The van der Waals surface area contributed by atoms with Gasteiger partial charge in [0.1, 0.15) is 23.8 Å². The second kappa shape index (κ2) is 8.01. The molecule has 1 aromatic rings. The average molecular weight is 386 g/mol. The van der Waals surface area contributed by atoms with Gasteiger partial charge in [0.2, 0.25) is 0 Å². The van der Waals surface area contributed by atoms with E-state index in [9.17, 15) is 9.50 Å². The zero-order valence-electron chi connectivity index (χ0n) is 15.6. The number of aliphatic hydroxyl groups is 1. The number of hydrogen-bond acceptors (Lipinski definition) is 4. The van der Waals surface area contributed by atoms with Gasteiger partial charge in [0, 0.05) is 25.2 Å². The number of rotatable bonds is 4. The van der Waals surface area contributed by atoms with Gasteiger partial charge in [-0.2, -0.15) is 0 Å². The summed E-state index contributed by atoms with van der Waals surface area (Å²) in [5.41, 5.74) is -0.676. The van der Waals surface area contributed by atoms with Gasteiger partial charge in [0.25, 0.3) is 0 Å². The van der Waals surface area contributed by atoms with Gasteiger partial charge in [-0.1, -0.05) is 25.4 Å². The molecule has 4 nitrogen and oxygen atoms in total. The predicted octanol–water partition coefficient (Wildman–Crippen LogP) is 3.89. The van der Waals surface area contributed by atoms with Gasteiger partial charge in [-0.05, 0) is 43.2 Å². The first-order chi connectivity index (χ1) is 12.3. The Kier molecular flexibility index (Phi) is 6.12. The molecule has 1 atom stereocenters. The lowest BCUT2D eigenvalue weighted by Gasteiger charge is -2.41. The van der Waals surface area contributed by atoms with Gasteiger partial charge in [-0.25, -0.2) is 4.39 Å². The zero-order chi connectivity index (χ0) is 18.8. The molecule has 0 amide bonds. The Morgan fingerprint density at radius 1 is 1.35 bits per heavy atom. The third-order valence-corrected chi connectivity index (χ3v) is 5.90. The first-order valence-corrected chi connectivity index (χ1v) is 9.76. The average Bonchev–Trinajstić information content (AvgIpc) is 2.78. The smallest absolute Gasteiger partial charge is 0.142 e. The van der Waals surface area contributed by atoms with Crippen LogP contribution in [0.2, 0.25) is 5.02 Å². The summed E-state index contributed by atoms with van der Waals surface area (Å²) in [7, 11) is 0. The van der Waals surface area contributed by atoms with Gasteiger partial charge in [0.05, 0.1) is 18.2 Å². The van der Waals surface area contributed by atoms with Crippen molar-refractivity contribution in [2.75, 3.05) is 32.9 Å². The summed E-state index contributed by atoms with van der Waals surface area (Å²) < 4.78 is 24.6. The molecule has 2 fully saturated rings. The molecule has 0 spiro atoms. The lowest BCUT2D eigenvalue weighted by molar-refractivity contribution is -0.0691. The van der Waals surface area contributed by atoms with Crippen LogP contribution in [0.3, 0.4) is 0 Å². The Morgan fingerprint density at radius 2 is 2.08 bits per heavy atom. The van der Waals surface area contributed by atoms with Gasteiger partial charge in [-0.15, -0.1) is 0 Å². The van der Waals surface area contributed by atoms with E-state index in [2.05, 4.69) is 18.7 Å². The van der Waals surface area contributed by atoms with Crippen LogP contribution in [0.5, 0.6) is 5.75 Å². The van der Waals surface area contributed by atoms with Crippen molar-refractivity contribution in [3.63, 3.8) is 0 Å². The second-order valence-corrected chi connectivity index (χ2v) is 8.91. The highest BCUT2D eigenvalue weighted by molar-refractivity contribution is 6.30. The number of halogens is 2. The summed E-state index contributed by atoms with van der Waals surface area (Å²) in [5.74, 6) is -0.0398. The molecule has 3 rings (SSSR count). The quantitative estimate of drug-likeness (QED) is 0.853. The number of hydrogen-bond donors (Lipinski definition) is 1. The molecule has 0 radical (unpaired) electrons. The van der Waals surface area contributed by atoms with Gasteiger partial charge in [-0.3, -0.25) is 4.90 Å². The SMILES string of the molecule is CC1(C)CCC(N2CCOC[C@@](O)(COc3ccc(F)c(Cl)c3)C2)CC1. The maximum absolute atomic E-state index is 13.3. The van der Waals surface area contributed by atoms with Gasteiger partial charge >= 0.3 is 0 Å². The standard InChI is InChI=1S/C20H29ClFNO3/c1-19(2)7-5-15(6-8-19)23-9-10-25-13-20(24,12-23)14-26-16-3-4-18(22)17(21)11-16/h3-4,11,15,24H,5-10,12-14H2,1-2H3/t20-/m1/s1. The lowest BCUT2D eigenvalue weighted by Crippen LogP contribution is -2.52. The molecule has 1 N–H and O–H groups in total.